The molecule has 1 unspecified atom stereocenters. The number of carbonyl (C=O) groups is 1. The van der Waals surface area contributed by atoms with Crippen molar-refractivity contribution in [3.63, 3.8) is 0 Å². The minimum atomic E-state index is -0.990. The van der Waals surface area contributed by atoms with Gasteiger partial charge in [0.05, 0.1) is 30.9 Å². The molecule has 1 aliphatic rings. The number of nitriles is 1. The highest BCUT2D eigenvalue weighted by Crippen LogP contribution is 2.29. The van der Waals surface area contributed by atoms with Gasteiger partial charge in [0.1, 0.15) is 0 Å². The van der Waals surface area contributed by atoms with Crippen LogP contribution in [-0.2, 0) is 11.3 Å². The van der Waals surface area contributed by atoms with E-state index in [-0.39, 0.29) is 6.04 Å². The zero-order valence-electron chi connectivity index (χ0n) is 9.38. The van der Waals surface area contributed by atoms with Crippen molar-refractivity contribution >= 4 is 6.09 Å². The normalized spacial score (nSPS) is 18.0. The van der Waals surface area contributed by atoms with Crippen LogP contribution in [-0.4, -0.2) is 29.8 Å². The molecule has 1 aliphatic heterocycles. The van der Waals surface area contributed by atoms with Crippen LogP contribution in [0.5, 0.6) is 0 Å². The Balaban J connectivity index is 2.39. The van der Waals surface area contributed by atoms with Crippen molar-refractivity contribution < 1.29 is 14.6 Å². The summed E-state index contributed by atoms with van der Waals surface area (Å²) in [5.74, 6) is 0. The van der Waals surface area contributed by atoms with E-state index in [1.54, 1.807) is 18.2 Å². The number of amides is 1. The lowest BCUT2D eigenvalue weighted by Gasteiger charge is -2.31. The first-order valence-electron chi connectivity index (χ1n) is 5.20. The van der Waals surface area contributed by atoms with Crippen molar-refractivity contribution in [1.29, 1.82) is 5.26 Å². The molecule has 0 fully saturated rings. The summed E-state index contributed by atoms with van der Waals surface area (Å²) >= 11 is 0. The van der Waals surface area contributed by atoms with E-state index in [4.69, 9.17) is 15.1 Å². The molecule has 0 spiro atoms. The van der Waals surface area contributed by atoms with Crippen LogP contribution in [0.4, 0.5) is 4.79 Å². The van der Waals surface area contributed by atoms with Gasteiger partial charge in [0.2, 0.25) is 0 Å². The molecule has 1 N–H and O–H groups in total. The molecular weight excluding hydrogens is 220 g/mol. The van der Waals surface area contributed by atoms with Crippen LogP contribution < -0.4 is 0 Å². The first-order chi connectivity index (χ1) is 8.13. The highest BCUT2D eigenvalue weighted by atomic mass is 16.5. The molecule has 0 radical (unpaired) electrons. The second-order valence-corrected chi connectivity index (χ2v) is 3.95. The van der Waals surface area contributed by atoms with Gasteiger partial charge in [0.25, 0.3) is 0 Å². The Kier molecular flexibility index (Phi) is 2.98. The number of rotatable bonds is 1. The Hall–Kier alpha value is -2.06. The van der Waals surface area contributed by atoms with Gasteiger partial charge in [-0.3, -0.25) is 0 Å². The molecule has 88 valence electrons. The maximum absolute atomic E-state index is 10.9. The van der Waals surface area contributed by atoms with Gasteiger partial charge in [-0.15, -0.1) is 0 Å². The van der Waals surface area contributed by atoms with E-state index < -0.39 is 6.09 Å². The Morgan fingerprint density at radius 3 is 3.06 bits per heavy atom. The highest BCUT2D eigenvalue weighted by molar-refractivity contribution is 5.65. The number of likely N-dealkylation sites (N-methyl/N-ethyl adjacent to an activating group) is 1. The standard InChI is InChI=1S/C12H12N2O3/c1-14(12(15)16)11-7-17-6-9-4-8(5-13)2-3-10(9)11/h2-4,11H,6-7H2,1H3,(H,15,16). The number of carboxylic acid groups (broad SMARTS) is 1. The lowest BCUT2D eigenvalue weighted by atomic mass is 9.96. The molecule has 0 aliphatic carbocycles. The van der Waals surface area contributed by atoms with Crippen LogP contribution in [0.15, 0.2) is 18.2 Å². The summed E-state index contributed by atoms with van der Waals surface area (Å²) in [7, 11) is 1.52. The Morgan fingerprint density at radius 2 is 2.41 bits per heavy atom. The van der Waals surface area contributed by atoms with Crippen molar-refractivity contribution in [3.05, 3.63) is 34.9 Å². The van der Waals surface area contributed by atoms with Crippen molar-refractivity contribution in [2.75, 3.05) is 13.7 Å². The summed E-state index contributed by atoms with van der Waals surface area (Å²) < 4.78 is 5.36. The van der Waals surface area contributed by atoms with Gasteiger partial charge in [0.15, 0.2) is 0 Å². The number of hydrogen-bond acceptors (Lipinski definition) is 3. The molecular formula is C12H12N2O3. The smallest absolute Gasteiger partial charge is 0.407 e. The molecule has 1 aromatic rings. The largest absolute Gasteiger partial charge is 0.465 e. The van der Waals surface area contributed by atoms with Gasteiger partial charge in [-0.25, -0.2) is 4.79 Å². The van der Waals surface area contributed by atoms with Crippen LogP contribution in [0, 0.1) is 11.3 Å². The molecule has 0 saturated heterocycles. The second kappa shape index (κ2) is 4.44. The summed E-state index contributed by atoms with van der Waals surface area (Å²) in [6.07, 6.45) is -0.990. The Morgan fingerprint density at radius 1 is 1.65 bits per heavy atom. The minimum Gasteiger partial charge on any atom is -0.465 e. The number of fused-ring (bicyclic) bond motifs is 1. The zero-order valence-corrected chi connectivity index (χ0v) is 9.38. The quantitative estimate of drug-likeness (QED) is 0.800. The SMILES string of the molecule is CN(C(=O)O)C1COCc2cc(C#N)ccc21. The van der Waals surface area contributed by atoms with E-state index in [0.717, 1.165) is 11.1 Å². The predicted octanol–water partition coefficient (Wildman–Crippen LogP) is 1.74. The van der Waals surface area contributed by atoms with Gasteiger partial charge in [0, 0.05) is 7.05 Å². The molecule has 5 heteroatoms. The Bertz CT molecular complexity index is 493. The molecule has 0 saturated carbocycles. The molecule has 1 aromatic carbocycles. The molecule has 17 heavy (non-hydrogen) atoms. The van der Waals surface area contributed by atoms with E-state index in [2.05, 4.69) is 6.07 Å². The first kappa shape index (κ1) is 11.4. The molecule has 0 bridgehead atoms. The fraction of sp³-hybridized carbons (Fsp3) is 0.333. The van der Waals surface area contributed by atoms with E-state index >= 15 is 0 Å². The number of benzene rings is 1. The highest BCUT2D eigenvalue weighted by Gasteiger charge is 2.27. The van der Waals surface area contributed by atoms with E-state index in [1.807, 2.05) is 0 Å². The van der Waals surface area contributed by atoms with Gasteiger partial charge < -0.3 is 14.7 Å². The topological polar surface area (TPSA) is 73.6 Å². The fourth-order valence-corrected chi connectivity index (χ4v) is 1.95. The molecule has 1 heterocycles. The van der Waals surface area contributed by atoms with E-state index in [9.17, 15) is 4.79 Å². The molecule has 1 amide bonds. The molecule has 2 rings (SSSR count). The summed E-state index contributed by atoms with van der Waals surface area (Å²) in [6.45, 7) is 0.774. The fourth-order valence-electron chi connectivity index (χ4n) is 1.95. The second-order valence-electron chi connectivity index (χ2n) is 3.95. The number of hydrogen-bond donors (Lipinski definition) is 1. The van der Waals surface area contributed by atoms with Crippen molar-refractivity contribution in [2.45, 2.75) is 12.6 Å². The maximum Gasteiger partial charge on any atom is 0.407 e. The van der Waals surface area contributed by atoms with Crippen LogP contribution in [0.1, 0.15) is 22.7 Å². The average molecular weight is 232 g/mol. The number of nitrogens with zero attached hydrogens (tertiary/aromatic N) is 2. The zero-order chi connectivity index (χ0) is 12.4. The van der Waals surface area contributed by atoms with E-state index in [0.29, 0.717) is 18.8 Å². The van der Waals surface area contributed by atoms with Gasteiger partial charge in [-0.05, 0) is 23.3 Å². The molecule has 5 nitrogen and oxygen atoms in total. The summed E-state index contributed by atoms with van der Waals surface area (Å²) in [5.41, 5.74) is 2.36. The van der Waals surface area contributed by atoms with Crippen LogP contribution >= 0.6 is 0 Å². The molecule has 0 aromatic heterocycles. The monoisotopic (exact) mass is 232 g/mol. The molecule has 1 atom stereocenters. The third kappa shape index (κ3) is 2.08. The average Bonchev–Trinajstić information content (AvgIpc) is 2.36. The summed E-state index contributed by atoms with van der Waals surface area (Å²) in [4.78, 5) is 12.2. The predicted molar refractivity (Wildman–Crippen MR) is 59.3 cm³/mol. The van der Waals surface area contributed by atoms with Gasteiger partial charge in [-0.2, -0.15) is 5.26 Å². The Labute approximate surface area is 98.8 Å². The minimum absolute atomic E-state index is 0.302. The number of ether oxygens (including phenoxy) is 1. The van der Waals surface area contributed by atoms with E-state index in [1.165, 1.54) is 11.9 Å². The summed E-state index contributed by atoms with van der Waals surface area (Å²) in [5, 5.41) is 17.8. The lowest BCUT2D eigenvalue weighted by molar-refractivity contribution is 0.0425. The lowest BCUT2D eigenvalue weighted by Crippen LogP contribution is -2.35. The maximum atomic E-state index is 10.9. The van der Waals surface area contributed by atoms with Crippen LogP contribution in [0.2, 0.25) is 0 Å². The summed E-state index contributed by atoms with van der Waals surface area (Å²) in [6, 6.07) is 7.01. The van der Waals surface area contributed by atoms with Crippen LogP contribution in [0.25, 0.3) is 0 Å². The van der Waals surface area contributed by atoms with Crippen molar-refractivity contribution in [1.82, 2.24) is 4.90 Å². The van der Waals surface area contributed by atoms with Crippen molar-refractivity contribution in [2.24, 2.45) is 0 Å². The van der Waals surface area contributed by atoms with Gasteiger partial charge in [-0.1, -0.05) is 6.07 Å². The first-order valence-corrected chi connectivity index (χ1v) is 5.20. The van der Waals surface area contributed by atoms with Gasteiger partial charge >= 0.3 is 6.09 Å². The third-order valence-electron chi connectivity index (χ3n) is 2.93. The van der Waals surface area contributed by atoms with Crippen LogP contribution in [0.3, 0.4) is 0 Å². The van der Waals surface area contributed by atoms with Crippen molar-refractivity contribution in [3.8, 4) is 6.07 Å². The third-order valence-corrected chi connectivity index (χ3v) is 2.93.